The molecule has 0 aliphatic carbocycles. The second-order valence-electron chi connectivity index (χ2n) is 9.09. The van der Waals surface area contributed by atoms with Crippen molar-refractivity contribution in [2.45, 2.75) is 98.3 Å². The minimum Gasteiger partial charge on any atom is -0.461 e. The average molecular weight is 457 g/mol. The van der Waals surface area contributed by atoms with Crippen molar-refractivity contribution in [3.8, 4) is 0 Å². The summed E-state index contributed by atoms with van der Waals surface area (Å²) in [7, 11) is 0. The molecule has 0 bridgehead atoms. The number of rotatable bonds is 12. The summed E-state index contributed by atoms with van der Waals surface area (Å²) in [5.74, 6) is -0.387. The van der Waals surface area contributed by atoms with Crippen LogP contribution in [0.1, 0.15) is 102 Å². The van der Waals surface area contributed by atoms with Gasteiger partial charge in [-0.1, -0.05) is 40.0 Å². The molecule has 0 fully saturated rings. The van der Waals surface area contributed by atoms with Gasteiger partial charge in [0.2, 0.25) is 0 Å². The minimum atomic E-state index is -0.888. The van der Waals surface area contributed by atoms with Gasteiger partial charge >= 0.3 is 12.1 Å². The van der Waals surface area contributed by atoms with E-state index in [1.165, 1.54) is 11.3 Å². The van der Waals surface area contributed by atoms with Gasteiger partial charge < -0.3 is 19.5 Å². The Kier molecular flexibility index (Phi) is 11.5. The molecule has 0 aliphatic rings. The average Bonchev–Trinajstić information content (AvgIpc) is 3.15. The molecule has 0 saturated carbocycles. The van der Waals surface area contributed by atoms with Crippen molar-refractivity contribution in [2.75, 3.05) is 13.2 Å². The Morgan fingerprint density at radius 1 is 1.19 bits per heavy atom. The third kappa shape index (κ3) is 9.56. The number of aliphatic hydroxyl groups is 1. The maximum atomic E-state index is 13.0. The molecule has 0 spiro atoms. The Morgan fingerprint density at radius 2 is 1.87 bits per heavy atom. The summed E-state index contributed by atoms with van der Waals surface area (Å²) < 4.78 is 10.6. The number of thiazole rings is 1. The van der Waals surface area contributed by atoms with Crippen LogP contribution in [0.5, 0.6) is 0 Å². The Hall–Kier alpha value is -1.67. The number of unbranched alkanes of at least 4 members (excludes halogenated alkanes) is 3. The van der Waals surface area contributed by atoms with Crippen molar-refractivity contribution < 1.29 is 24.2 Å². The summed E-state index contributed by atoms with van der Waals surface area (Å²) in [5.41, 5.74) is -0.395. The highest BCUT2D eigenvalue weighted by atomic mass is 32.1. The molecule has 8 heteroatoms. The van der Waals surface area contributed by atoms with Crippen molar-refractivity contribution in [2.24, 2.45) is 5.92 Å². The van der Waals surface area contributed by atoms with E-state index < -0.39 is 17.7 Å². The maximum Gasteiger partial charge on any atom is 0.410 e. The van der Waals surface area contributed by atoms with Crippen LogP contribution >= 0.6 is 11.3 Å². The molecule has 1 aromatic rings. The van der Waals surface area contributed by atoms with Gasteiger partial charge in [0.1, 0.15) is 16.7 Å². The number of esters is 1. The topological polar surface area (TPSA) is 89.0 Å². The first-order valence-electron chi connectivity index (χ1n) is 11.3. The molecule has 1 rings (SSSR count). The Balaban J connectivity index is 2.99. The summed E-state index contributed by atoms with van der Waals surface area (Å²) in [6.07, 6.45) is 3.23. The first-order valence-corrected chi connectivity index (χ1v) is 12.2. The predicted molar refractivity (Wildman–Crippen MR) is 123 cm³/mol. The number of hydrogen-bond acceptors (Lipinski definition) is 7. The molecule has 7 nitrogen and oxygen atoms in total. The second kappa shape index (κ2) is 13.0. The number of amides is 1. The Bertz CT molecular complexity index is 684. The van der Waals surface area contributed by atoms with Crippen LogP contribution in [-0.2, 0) is 9.47 Å². The van der Waals surface area contributed by atoms with Crippen LogP contribution in [0, 0.1) is 5.92 Å². The fourth-order valence-electron chi connectivity index (χ4n) is 3.25. The number of hydrogen-bond donors (Lipinski definition) is 1. The van der Waals surface area contributed by atoms with Crippen molar-refractivity contribution in [1.82, 2.24) is 9.88 Å². The highest BCUT2D eigenvalue weighted by Crippen LogP contribution is 2.29. The van der Waals surface area contributed by atoms with E-state index in [0.717, 1.165) is 25.7 Å². The lowest BCUT2D eigenvalue weighted by molar-refractivity contribution is 0.00257. The third-order valence-electron chi connectivity index (χ3n) is 4.81. The van der Waals surface area contributed by atoms with Crippen molar-refractivity contribution >= 4 is 23.4 Å². The van der Waals surface area contributed by atoms with Crippen LogP contribution in [0.3, 0.4) is 0 Å². The number of ether oxygens (including phenoxy) is 2. The van der Waals surface area contributed by atoms with Gasteiger partial charge in [0.05, 0.1) is 6.61 Å². The van der Waals surface area contributed by atoms with Gasteiger partial charge in [-0.2, -0.15) is 0 Å². The van der Waals surface area contributed by atoms with Gasteiger partial charge in [0, 0.05) is 24.4 Å². The molecular formula is C23H40N2O5S. The van der Waals surface area contributed by atoms with Crippen LogP contribution in [0.15, 0.2) is 5.38 Å². The van der Waals surface area contributed by atoms with Crippen molar-refractivity contribution in [3.05, 3.63) is 16.1 Å². The fraction of sp³-hybridized carbons (Fsp3) is 0.783. The maximum absolute atomic E-state index is 13.0. The molecule has 2 unspecified atom stereocenters. The van der Waals surface area contributed by atoms with Crippen molar-refractivity contribution in [1.29, 1.82) is 0 Å². The highest BCUT2D eigenvalue weighted by molar-refractivity contribution is 7.09. The van der Waals surface area contributed by atoms with Gasteiger partial charge in [-0.25, -0.2) is 14.6 Å². The van der Waals surface area contributed by atoms with Crippen LogP contribution in [0.4, 0.5) is 4.79 Å². The Labute approximate surface area is 191 Å². The van der Waals surface area contributed by atoms with Gasteiger partial charge in [0.25, 0.3) is 0 Å². The highest BCUT2D eigenvalue weighted by Gasteiger charge is 2.32. The zero-order valence-corrected chi connectivity index (χ0v) is 21.0. The van der Waals surface area contributed by atoms with Crippen LogP contribution in [0.25, 0.3) is 0 Å². The number of aliphatic hydroxyl groups excluding tert-OH is 1. The molecule has 0 radical (unpaired) electrons. The summed E-state index contributed by atoms with van der Waals surface area (Å²) in [6.45, 7) is 14.4. The quantitative estimate of drug-likeness (QED) is 0.326. The number of carbonyl (C=O) groups excluding carboxylic acids is 2. The molecule has 1 N–H and O–H groups in total. The summed E-state index contributed by atoms with van der Waals surface area (Å²) in [5, 5.41) is 12.9. The van der Waals surface area contributed by atoms with Crippen LogP contribution in [0.2, 0.25) is 0 Å². The number of aromatic nitrogens is 1. The van der Waals surface area contributed by atoms with E-state index in [9.17, 15) is 14.7 Å². The lowest BCUT2D eigenvalue weighted by atomic mass is 9.96. The largest absolute Gasteiger partial charge is 0.461 e. The lowest BCUT2D eigenvalue weighted by Crippen LogP contribution is -2.47. The molecule has 1 amide bonds. The molecule has 0 aliphatic heterocycles. The minimum absolute atomic E-state index is 0.109. The molecule has 31 heavy (non-hydrogen) atoms. The van der Waals surface area contributed by atoms with E-state index in [2.05, 4.69) is 11.9 Å². The molecule has 0 saturated heterocycles. The molecule has 0 aromatic carbocycles. The first-order chi connectivity index (χ1) is 14.5. The normalized spacial score (nSPS) is 13.7. The third-order valence-corrected chi connectivity index (χ3v) is 5.75. The first kappa shape index (κ1) is 27.4. The Morgan fingerprint density at radius 3 is 2.42 bits per heavy atom. The van der Waals surface area contributed by atoms with Crippen LogP contribution < -0.4 is 0 Å². The molecule has 2 atom stereocenters. The van der Waals surface area contributed by atoms with Gasteiger partial charge in [-0.05, 0) is 40.0 Å². The summed E-state index contributed by atoms with van der Waals surface area (Å²) in [4.78, 5) is 30.9. The summed E-state index contributed by atoms with van der Waals surface area (Å²) >= 11 is 1.22. The van der Waals surface area contributed by atoms with Gasteiger partial charge in [-0.15, -0.1) is 11.3 Å². The van der Waals surface area contributed by atoms with E-state index in [-0.39, 0.29) is 30.4 Å². The predicted octanol–water partition coefficient (Wildman–Crippen LogP) is 5.59. The van der Waals surface area contributed by atoms with E-state index in [4.69, 9.17) is 9.47 Å². The van der Waals surface area contributed by atoms with E-state index in [1.807, 2.05) is 34.6 Å². The van der Waals surface area contributed by atoms with Gasteiger partial charge in [-0.3, -0.25) is 0 Å². The fourth-order valence-corrected chi connectivity index (χ4v) is 4.04. The number of nitrogens with zero attached hydrogens (tertiary/aromatic N) is 2. The zero-order chi connectivity index (χ0) is 23.6. The summed E-state index contributed by atoms with van der Waals surface area (Å²) in [6, 6.07) is -0.221. The zero-order valence-electron chi connectivity index (χ0n) is 20.1. The molecule has 1 heterocycles. The van der Waals surface area contributed by atoms with E-state index in [1.54, 1.807) is 17.2 Å². The van der Waals surface area contributed by atoms with Crippen molar-refractivity contribution in [3.63, 3.8) is 0 Å². The SMILES string of the molecule is CCCCCCN(C(=O)OC(C)(C)C)C(CC(O)c1nc(C(=O)OCC)cs1)C(C)C. The molecule has 178 valence electrons. The van der Waals surface area contributed by atoms with Gasteiger partial charge in [0.15, 0.2) is 5.69 Å². The molecular weight excluding hydrogens is 416 g/mol. The van der Waals surface area contributed by atoms with E-state index in [0.29, 0.717) is 18.0 Å². The monoisotopic (exact) mass is 456 g/mol. The molecule has 1 aromatic heterocycles. The van der Waals surface area contributed by atoms with E-state index >= 15 is 0 Å². The van der Waals surface area contributed by atoms with Crippen LogP contribution in [-0.4, -0.2) is 51.8 Å². The second-order valence-corrected chi connectivity index (χ2v) is 9.98. The number of carbonyl (C=O) groups is 2. The lowest BCUT2D eigenvalue weighted by Gasteiger charge is -2.36. The standard InChI is InChI=1S/C23H40N2O5S/c1-8-10-11-12-13-25(22(28)30-23(5,6)7)18(16(3)4)14-19(26)20-24-17(15-31-20)21(27)29-9-2/h15-16,18-19,26H,8-14H2,1-7H3. The smallest absolute Gasteiger partial charge is 0.410 e.